The van der Waals surface area contributed by atoms with Gasteiger partial charge < -0.3 is 20.1 Å². The molecule has 2 atom stereocenters. The van der Waals surface area contributed by atoms with Crippen LogP contribution in [0.15, 0.2) is 48.5 Å². The Balaban J connectivity index is 1.67. The van der Waals surface area contributed by atoms with Crippen LogP contribution in [-0.4, -0.2) is 55.2 Å². The van der Waals surface area contributed by atoms with Crippen molar-refractivity contribution in [3.05, 3.63) is 65.2 Å². The van der Waals surface area contributed by atoms with E-state index in [0.717, 1.165) is 50.5 Å². The van der Waals surface area contributed by atoms with Gasteiger partial charge in [0.05, 0.1) is 24.3 Å². The molecule has 0 radical (unpaired) electrons. The average molecular weight is 565 g/mol. The Kier molecular flexibility index (Phi) is 13.8. The molecular weight excluding hydrogens is 512 g/mol. The van der Waals surface area contributed by atoms with Gasteiger partial charge in [-0.15, -0.1) is 0 Å². The number of carboxylic acid groups (broad SMARTS) is 1. The quantitative estimate of drug-likeness (QED) is 0.135. The van der Waals surface area contributed by atoms with Gasteiger partial charge in [0, 0.05) is 24.3 Å². The lowest BCUT2D eigenvalue weighted by molar-refractivity contribution is 0.0696. The highest BCUT2D eigenvalue weighted by Gasteiger charge is 2.37. The Morgan fingerprint density at radius 1 is 0.878 bits per heavy atom. The number of nitrogens with zero attached hydrogens (tertiary/aromatic N) is 1. The number of carbonyl (C=O) groups is 2. The second-order valence-electron chi connectivity index (χ2n) is 11.8. The Labute approximate surface area is 247 Å². The zero-order chi connectivity index (χ0) is 29.5. The standard InChI is InChI=1S/C35H52N2O4/c1-4-6-7-8-9-10-11-12-13-28(3)27-36-35(5-2,26-29-14-16-31(17-15-29)34(39)40)33(38)30-18-20-32(21-19-30)37-22-24-41-25-23-37/h14-21,28,36H,4-13,22-27H2,1-3H3,(H,39,40). The van der Waals surface area contributed by atoms with Gasteiger partial charge in [-0.2, -0.15) is 0 Å². The van der Waals surface area contributed by atoms with Crippen molar-refractivity contribution >= 4 is 17.4 Å². The van der Waals surface area contributed by atoms with Gasteiger partial charge in [0.2, 0.25) is 0 Å². The van der Waals surface area contributed by atoms with Crippen molar-refractivity contribution < 1.29 is 19.4 Å². The number of hydrogen-bond donors (Lipinski definition) is 2. The van der Waals surface area contributed by atoms with E-state index >= 15 is 0 Å². The number of rotatable bonds is 19. The summed E-state index contributed by atoms with van der Waals surface area (Å²) in [6.07, 6.45) is 12.8. The molecular formula is C35H52N2O4. The maximum absolute atomic E-state index is 14.2. The third kappa shape index (κ3) is 10.3. The Morgan fingerprint density at radius 2 is 1.46 bits per heavy atom. The Bertz CT molecular complexity index is 1050. The molecule has 2 aromatic rings. The van der Waals surface area contributed by atoms with Crippen LogP contribution >= 0.6 is 0 Å². The second kappa shape index (κ2) is 17.3. The molecule has 0 bridgehead atoms. The molecule has 2 unspecified atom stereocenters. The van der Waals surface area contributed by atoms with Crippen LogP contribution in [-0.2, 0) is 11.2 Å². The molecule has 1 aliphatic rings. The maximum atomic E-state index is 14.2. The number of benzene rings is 2. The number of ketones is 1. The maximum Gasteiger partial charge on any atom is 0.335 e. The van der Waals surface area contributed by atoms with E-state index in [1.165, 1.54) is 51.4 Å². The molecule has 1 aliphatic heterocycles. The van der Waals surface area contributed by atoms with Crippen molar-refractivity contribution in [3.63, 3.8) is 0 Å². The smallest absolute Gasteiger partial charge is 0.335 e. The molecule has 1 heterocycles. The minimum Gasteiger partial charge on any atom is -0.478 e. The minimum atomic E-state index is -0.942. The van der Waals surface area contributed by atoms with Crippen molar-refractivity contribution in [2.45, 2.75) is 96.9 Å². The minimum absolute atomic E-state index is 0.0927. The molecule has 0 saturated carbocycles. The van der Waals surface area contributed by atoms with Gasteiger partial charge in [-0.05, 0) is 73.7 Å². The predicted molar refractivity (Wildman–Crippen MR) is 168 cm³/mol. The van der Waals surface area contributed by atoms with Crippen LogP contribution < -0.4 is 10.2 Å². The molecule has 3 rings (SSSR count). The van der Waals surface area contributed by atoms with Gasteiger partial charge >= 0.3 is 5.97 Å². The van der Waals surface area contributed by atoms with Crippen molar-refractivity contribution in [1.29, 1.82) is 0 Å². The lowest BCUT2D eigenvalue weighted by Gasteiger charge is -2.34. The topological polar surface area (TPSA) is 78.9 Å². The zero-order valence-electron chi connectivity index (χ0n) is 25.6. The number of nitrogens with one attached hydrogen (secondary N) is 1. The fourth-order valence-electron chi connectivity index (χ4n) is 5.77. The molecule has 2 N–H and O–H groups in total. The number of unbranched alkanes of at least 4 members (excludes halogenated alkanes) is 7. The number of anilines is 1. The molecule has 0 spiro atoms. The van der Waals surface area contributed by atoms with E-state index in [1.807, 2.05) is 36.4 Å². The van der Waals surface area contributed by atoms with Gasteiger partial charge in [-0.25, -0.2) is 4.79 Å². The number of Topliss-reactive ketones (excluding diaryl/α,β-unsaturated/α-hetero) is 1. The third-order valence-electron chi connectivity index (χ3n) is 8.59. The highest BCUT2D eigenvalue weighted by Crippen LogP contribution is 2.26. The summed E-state index contributed by atoms with van der Waals surface area (Å²) < 4.78 is 5.48. The highest BCUT2D eigenvalue weighted by atomic mass is 16.5. The summed E-state index contributed by atoms with van der Waals surface area (Å²) >= 11 is 0. The fourth-order valence-corrected chi connectivity index (χ4v) is 5.77. The molecule has 1 saturated heterocycles. The first kappa shape index (κ1) is 32.8. The third-order valence-corrected chi connectivity index (χ3v) is 8.59. The van der Waals surface area contributed by atoms with Crippen LogP contribution in [0.5, 0.6) is 0 Å². The van der Waals surface area contributed by atoms with Crippen LogP contribution in [0, 0.1) is 5.92 Å². The summed E-state index contributed by atoms with van der Waals surface area (Å²) in [6, 6.07) is 14.9. The van der Waals surface area contributed by atoms with Crippen LogP contribution in [0.25, 0.3) is 0 Å². The van der Waals surface area contributed by atoms with Crippen LogP contribution in [0.2, 0.25) is 0 Å². The van der Waals surface area contributed by atoms with Gasteiger partial charge in [0.1, 0.15) is 0 Å². The van der Waals surface area contributed by atoms with Crippen LogP contribution in [0.3, 0.4) is 0 Å². The van der Waals surface area contributed by atoms with Gasteiger partial charge in [0.25, 0.3) is 0 Å². The van der Waals surface area contributed by atoms with Gasteiger partial charge in [-0.1, -0.05) is 84.3 Å². The zero-order valence-corrected chi connectivity index (χ0v) is 25.6. The number of carbonyl (C=O) groups excluding carboxylic acids is 1. The summed E-state index contributed by atoms with van der Waals surface area (Å²) in [7, 11) is 0. The van der Waals surface area contributed by atoms with E-state index in [-0.39, 0.29) is 11.3 Å². The van der Waals surface area contributed by atoms with Crippen LogP contribution in [0.1, 0.15) is 111 Å². The molecule has 0 aliphatic carbocycles. The summed E-state index contributed by atoms with van der Waals surface area (Å²) in [5.74, 6) is -0.385. The largest absolute Gasteiger partial charge is 0.478 e. The predicted octanol–water partition coefficient (Wildman–Crippen LogP) is 7.55. The number of hydrogen-bond acceptors (Lipinski definition) is 5. The number of ether oxygens (including phenoxy) is 1. The monoisotopic (exact) mass is 564 g/mol. The summed E-state index contributed by atoms with van der Waals surface area (Å²) in [5.41, 5.74) is 2.27. The van der Waals surface area contributed by atoms with Crippen molar-refractivity contribution in [3.8, 4) is 0 Å². The normalized spacial score (nSPS) is 15.8. The number of morpholine rings is 1. The number of aromatic carboxylic acids is 1. The molecule has 1 fully saturated rings. The summed E-state index contributed by atoms with van der Waals surface area (Å²) in [4.78, 5) is 27.9. The van der Waals surface area contributed by atoms with Gasteiger partial charge in [-0.3, -0.25) is 4.79 Å². The van der Waals surface area contributed by atoms with E-state index in [2.05, 4.69) is 31.0 Å². The lowest BCUT2D eigenvalue weighted by atomic mass is 9.80. The van der Waals surface area contributed by atoms with Gasteiger partial charge in [0.15, 0.2) is 5.78 Å². The van der Waals surface area contributed by atoms with Crippen molar-refractivity contribution in [1.82, 2.24) is 5.32 Å². The highest BCUT2D eigenvalue weighted by molar-refractivity contribution is 6.03. The van der Waals surface area contributed by atoms with E-state index in [4.69, 9.17) is 4.74 Å². The molecule has 2 aromatic carbocycles. The Morgan fingerprint density at radius 3 is 2.05 bits per heavy atom. The van der Waals surface area contributed by atoms with Crippen molar-refractivity contribution in [2.75, 3.05) is 37.7 Å². The van der Waals surface area contributed by atoms with Crippen molar-refractivity contribution in [2.24, 2.45) is 5.92 Å². The molecule has 226 valence electrons. The molecule has 6 heteroatoms. The lowest BCUT2D eigenvalue weighted by Crippen LogP contribution is -2.54. The second-order valence-corrected chi connectivity index (χ2v) is 11.8. The summed E-state index contributed by atoms with van der Waals surface area (Å²) in [6.45, 7) is 10.5. The first-order valence-corrected chi connectivity index (χ1v) is 15.9. The molecule has 0 amide bonds. The van der Waals surface area contributed by atoms with Crippen LogP contribution in [0.4, 0.5) is 5.69 Å². The molecule has 41 heavy (non-hydrogen) atoms. The first-order chi connectivity index (χ1) is 19.9. The summed E-state index contributed by atoms with van der Waals surface area (Å²) in [5, 5.41) is 13.1. The SMILES string of the molecule is CCCCCCCCCCC(C)CNC(CC)(Cc1ccc(C(=O)O)cc1)C(=O)c1ccc(N2CCOCC2)cc1. The van der Waals surface area contributed by atoms with E-state index in [1.54, 1.807) is 12.1 Å². The first-order valence-electron chi connectivity index (χ1n) is 15.9. The number of carboxylic acids is 1. The van der Waals surface area contributed by atoms with E-state index in [9.17, 15) is 14.7 Å². The van der Waals surface area contributed by atoms with E-state index in [0.29, 0.717) is 24.3 Å². The molecule has 6 nitrogen and oxygen atoms in total. The average Bonchev–Trinajstić information content (AvgIpc) is 3.01. The fraction of sp³-hybridized carbons (Fsp3) is 0.600. The molecule has 0 aromatic heterocycles. The van der Waals surface area contributed by atoms with E-state index < -0.39 is 11.5 Å². The Hall–Kier alpha value is -2.70.